The molecule has 2 aliphatic rings. The van der Waals surface area contributed by atoms with Crippen molar-refractivity contribution in [3.63, 3.8) is 0 Å². The van der Waals surface area contributed by atoms with Crippen LogP contribution in [0.25, 0.3) is 27.7 Å². The Morgan fingerprint density at radius 3 is 2.66 bits per heavy atom. The van der Waals surface area contributed by atoms with E-state index in [1.165, 1.54) is 13.2 Å². The fraction of sp³-hybridized carbons (Fsp3) is 0.348. The lowest BCUT2D eigenvalue weighted by atomic mass is 10.0. The summed E-state index contributed by atoms with van der Waals surface area (Å²) in [5.74, 6) is -0.670. The minimum atomic E-state index is -0.441. The second-order valence-electron chi connectivity index (χ2n) is 8.10. The predicted octanol–water partition coefficient (Wildman–Crippen LogP) is 3.44. The number of piperidine rings is 1. The summed E-state index contributed by atoms with van der Waals surface area (Å²) in [6.07, 6.45) is 8.97. The molecule has 4 aromatic rings. The SMILES string of the molecule is COc1cc2c(-c3cnn4cc(N5CCC6(CC5)OCCO6)cnc34)ccnc2cc1F. The zero-order valence-electron chi connectivity index (χ0n) is 17.6. The van der Waals surface area contributed by atoms with Crippen LogP contribution >= 0.6 is 0 Å². The molecule has 2 aliphatic heterocycles. The number of ether oxygens (including phenoxy) is 3. The Labute approximate surface area is 183 Å². The van der Waals surface area contributed by atoms with E-state index in [4.69, 9.17) is 19.2 Å². The van der Waals surface area contributed by atoms with Crippen molar-refractivity contribution in [2.45, 2.75) is 18.6 Å². The minimum absolute atomic E-state index is 0.177. The third kappa shape index (κ3) is 3.08. The van der Waals surface area contributed by atoms with Crippen LogP contribution in [0.15, 0.2) is 43.0 Å². The van der Waals surface area contributed by atoms with Gasteiger partial charge in [0, 0.05) is 49.1 Å². The van der Waals surface area contributed by atoms with Crippen LogP contribution in [0.4, 0.5) is 10.1 Å². The summed E-state index contributed by atoms with van der Waals surface area (Å²) >= 11 is 0. The quantitative estimate of drug-likeness (QED) is 0.488. The molecule has 2 saturated heterocycles. The van der Waals surface area contributed by atoms with Gasteiger partial charge in [-0.3, -0.25) is 4.98 Å². The molecular formula is C23H22FN5O3. The van der Waals surface area contributed by atoms with E-state index in [1.807, 2.05) is 18.5 Å². The molecule has 1 spiro atoms. The molecule has 0 amide bonds. The third-order valence-electron chi connectivity index (χ3n) is 6.35. The zero-order chi connectivity index (χ0) is 21.7. The Bertz CT molecular complexity index is 1310. The predicted molar refractivity (Wildman–Crippen MR) is 116 cm³/mol. The lowest BCUT2D eigenvalue weighted by Gasteiger charge is -2.38. The van der Waals surface area contributed by atoms with Crippen molar-refractivity contribution >= 4 is 22.2 Å². The van der Waals surface area contributed by atoms with E-state index in [9.17, 15) is 4.39 Å². The average Bonchev–Trinajstić information content (AvgIpc) is 3.45. The van der Waals surface area contributed by atoms with Crippen LogP contribution < -0.4 is 9.64 Å². The zero-order valence-corrected chi connectivity index (χ0v) is 17.6. The van der Waals surface area contributed by atoms with Crippen LogP contribution in [0.1, 0.15) is 12.8 Å². The van der Waals surface area contributed by atoms with Crippen LogP contribution in [0.5, 0.6) is 5.75 Å². The fourth-order valence-electron chi connectivity index (χ4n) is 4.65. The Morgan fingerprint density at radius 2 is 1.88 bits per heavy atom. The maximum atomic E-state index is 14.2. The average molecular weight is 435 g/mol. The lowest BCUT2D eigenvalue weighted by molar-refractivity contribution is -0.169. The molecule has 0 radical (unpaired) electrons. The first-order valence-electron chi connectivity index (χ1n) is 10.6. The molecule has 164 valence electrons. The molecule has 9 heteroatoms. The Kier molecular flexibility index (Phi) is 4.48. The summed E-state index contributed by atoms with van der Waals surface area (Å²) < 4.78 is 32.8. The largest absolute Gasteiger partial charge is 0.494 e. The van der Waals surface area contributed by atoms with Gasteiger partial charge in [-0.05, 0) is 17.7 Å². The summed E-state index contributed by atoms with van der Waals surface area (Å²) in [7, 11) is 1.45. The molecule has 8 nitrogen and oxygen atoms in total. The van der Waals surface area contributed by atoms with Crippen molar-refractivity contribution in [1.82, 2.24) is 19.6 Å². The highest BCUT2D eigenvalue weighted by Crippen LogP contribution is 2.35. The van der Waals surface area contributed by atoms with Crippen LogP contribution in [-0.4, -0.2) is 58.8 Å². The van der Waals surface area contributed by atoms with Crippen molar-refractivity contribution < 1.29 is 18.6 Å². The van der Waals surface area contributed by atoms with Gasteiger partial charge in [0.1, 0.15) is 0 Å². The van der Waals surface area contributed by atoms with E-state index in [1.54, 1.807) is 23.0 Å². The molecule has 1 aromatic carbocycles. The Balaban J connectivity index is 1.35. The normalized spacial score (nSPS) is 18.1. The third-order valence-corrected chi connectivity index (χ3v) is 6.35. The van der Waals surface area contributed by atoms with Crippen LogP contribution in [-0.2, 0) is 9.47 Å². The van der Waals surface area contributed by atoms with Crippen molar-refractivity contribution in [3.05, 3.63) is 48.8 Å². The molecule has 2 fully saturated rings. The first kappa shape index (κ1) is 19.4. The van der Waals surface area contributed by atoms with Gasteiger partial charge in [-0.2, -0.15) is 5.10 Å². The number of fused-ring (bicyclic) bond motifs is 2. The maximum absolute atomic E-state index is 14.2. The first-order chi connectivity index (χ1) is 15.7. The molecular weight excluding hydrogens is 413 g/mol. The second kappa shape index (κ2) is 7.39. The van der Waals surface area contributed by atoms with E-state index in [-0.39, 0.29) is 5.75 Å². The number of halogens is 1. The summed E-state index contributed by atoms with van der Waals surface area (Å²) in [4.78, 5) is 11.3. The minimum Gasteiger partial charge on any atom is -0.494 e. The first-order valence-corrected chi connectivity index (χ1v) is 10.6. The van der Waals surface area contributed by atoms with Crippen molar-refractivity contribution in [3.8, 4) is 16.9 Å². The van der Waals surface area contributed by atoms with Crippen molar-refractivity contribution in [2.75, 3.05) is 38.3 Å². The number of nitrogens with zero attached hydrogens (tertiary/aromatic N) is 5. The monoisotopic (exact) mass is 435 g/mol. The molecule has 5 heterocycles. The molecule has 6 rings (SSSR count). The van der Waals surface area contributed by atoms with Gasteiger partial charge in [0.15, 0.2) is 23.0 Å². The number of rotatable bonds is 3. The van der Waals surface area contributed by atoms with Gasteiger partial charge in [-0.15, -0.1) is 0 Å². The lowest BCUT2D eigenvalue weighted by Crippen LogP contribution is -2.45. The summed E-state index contributed by atoms with van der Waals surface area (Å²) in [6.45, 7) is 3.01. The van der Waals surface area contributed by atoms with Crippen LogP contribution in [0.2, 0.25) is 0 Å². The Morgan fingerprint density at radius 1 is 1.06 bits per heavy atom. The van der Waals surface area contributed by atoms with Gasteiger partial charge >= 0.3 is 0 Å². The summed E-state index contributed by atoms with van der Waals surface area (Å²) in [5.41, 5.74) is 4.00. The van der Waals surface area contributed by atoms with E-state index in [0.29, 0.717) is 18.7 Å². The standard InChI is InChI=1S/C23H22FN5O3/c1-30-21-10-17-16(2-5-25-20(17)11-19(21)24)18-13-27-29-14-15(12-26-22(18)29)28-6-3-23(4-7-28)31-8-9-32-23/h2,5,10-14H,3-4,6-9H2,1H3. The van der Waals surface area contributed by atoms with Gasteiger partial charge < -0.3 is 19.1 Å². The number of methoxy groups -OCH3 is 1. The van der Waals surface area contributed by atoms with Gasteiger partial charge in [-0.1, -0.05) is 0 Å². The molecule has 32 heavy (non-hydrogen) atoms. The van der Waals surface area contributed by atoms with E-state index >= 15 is 0 Å². The smallest absolute Gasteiger partial charge is 0.171 e. The summed E-state index contributed by atoms with van der Waals surface area (Å²) in [5, 5.41) is 5.32. The molecule has 0 atom stereocenters. The van der Waals surface area contributed by atoms with E-state index in [0.717, 1.165) is 53.8 Å². The Hall–Kier alpha value is -3.30. The molecule has 0 N–H and O–H groups in total. The highest BCUT2D eigenvalue weighted by molar-refractivity contribution is 5.98. The molecule has 3 aromatic heterocycles. The molecule has 0 bridgehead atoms. The highest BCUT2D eigenvalue weighted by Gasteiger charge is 2.39. The number of benzene rings is 1. The van der Waals surface area contributed by atoms with Crippen molar-refractivity contribution in [1.29, 1.82) is 0 Å². The van der Waals surface area contributed by atoms with Gasteiger partial charge in [0.05, 0.1) is 50.1 Å². The summed E-state index contributed by atoms with van der Waals surface area (Å²) in [6, 6.07) is 4.94. The van der Waals surface area contributed by atoms with Gasteiger partial charge in [0.2, 0.25) is 0 Å². The maximum Gasteiger partial charge on any atom is 0.171 e. The molecule has 0 unspecified atom stereocenters. The number of anilines is 1. The van der Waals surface area contributed by atoms with Gasteiger partial charge in [-0.25, -0.2) is 13.9 Å². The molecule has 0 aliphatic carbocycles. The number of hydrogen-bond donors (Lipinski definition) is 0. The number of aromatic nitrogens is 4. The highest BCUT2D eigenvalue weighted by atomic mass is 19.1. The molecule has 0 saturated carbocycles. The van der Waals surface area contributed by atoms with Crippen LogP contribution in [0, 0.1) is 5.82 Å². The number of hydrogen-bond acceptors (Lipinski definition) is 7. The van der Waals surface area contributed by atoms with Crippen LogP contribution in [0.3, 0.4) is 0 Å². The fourth-order valence-corrected chi connectivity index (χ4v) is 4.65. The topological polar surface area (TPSA) is 74.0 Å². The number of pyridine rings is 1. The van der Waals surface area contributed by atoms with E-state index < -0.39 is 11.6 Å². The van der Waals surface area contributed by atoms with Gasteiger partial charge in [0.25, 0.3) is 0 Å². The van der Waals surface area contributed by atoms with Crippen molar-refractivity contribution in [2.24, 2.45) is 0 Å². The van der Waals surface area contributed by atoms with E-state index in [2.05, 4.69) is 15.0 Å². The second-order valence-corrected chi connectivity index (χ2v) is 8.10.